The normalized spacial score (nSPS) is 21.7. The zero-order chi connectivity index (χ0) is 13.9. The lowest BCUT2D eigenvalue weighted by Crippen LogP contribution is -2.32. The number of amides is 1. The summed E-state index contributed by atoms with van der Waals surface area (Å²) in [5.41, 5.74) is 1.02. The molecule has 0 aromatic heterocycles. The van der Waals surface area contributed by atoms with Crippen molar-refractivity contribution in [3.05, 3.63) is 41.7 Å². The molecular weight excluding hydrogens is 241 g/mol. The molecule has 1 aliphatic carbocycles. The van der Waals surface area contributed by atoms with E-state index in [9.17, 15) is 9.18 Å². The largest absolute Gasteiger partial charge is 0.350 e. The first kappa shape index (κ1) is 13.8. The Balaban J connectivity index is 1.88. The number of benzene rings is 1. The molecule has 0 spiro atoms. The molecule has 1 unspecified atom stereocenters. The lowest BCUT2D eigenvalue weighted by Gasteiger charge is -2.17. The van der Waals surface area contributed by atoms with Crippen LogP contribution in [0.15, 0.2) is 30.3 Å². The summed E-state index contributed by atoms with van der Waals surface area (Å²) < 4.78 is 13.0. The number of carbonyl (C=O) groups is 1. The predicted molar refractivity (Wildman–Crippen MR) is 75.0 cm³/mol. The maximum atomic E-state index is 13.0. The van der Waals surface area contributed by atoms with Gasteiger partial charge in [0.05, 0.1) is 0 Å². The second-order valence-corrected chi connectivity index (χ2v) is 6.00. The average Bonchev–Trinajstić information content (AvgIpc) is 2.66. The topological polar surface area (TPSA) is 29.1 Å². The van der Waals surface area contributed by atoms with Crippen molar-refractivity contribution < 1.29 is 9.18 Å². The summed E-state index contributed by atoms with van der Waals surface area (Å²) in [6.07, 6.45) is 6.31. The van der Waals surface area contributed by atoms with E-state index in [-0.39, 0.29) is 17.8 Å². The first-order chi connectivity index (χ1) is 8.94. The smallest absolute Gasteiger partial charge is 0.244 e. The Labute approximate surface area is 113 Å². The molecule has 1 saturated carbocycles. The molecule has 0 saturated heterocycles. The number of halogens is 1. The predicted octanol–water partition coefficient (Wildman–Crippen LogP) is 3.53. The van der Waals surface area contributed by atoms with E-state index in [2.05, 4.69) is 19.2 Å². The van der Waals surface area contributed by atoms with E-state index >= 15 is 0 Å². The molecule has 1 amide bonds. The molecule has 1 aliphatic rings. The van der Waals surface area contributed by atoms with Crippen LogP contribution in [-0.2, 0) is 4.79 Å². The minimum atomic E-state index is -0.292. The summed E-state index contributed by atoms with van der Waals surface area (Å²) in [4.78, 5) is 11.8. The van der Waals surface area contributed by atoms with Crippen LogP contribution >= 0.6 is 0 Å². The monoisotopic (exact) mass is 261 g/mol. The maximum absolute atomic E-state index is 13.0. The maximum Gasteiger partial charge on any atom is 0.244 e. The number of hydrogen-bond acceptors (Lipinski definition) is 1. The van der Waals surface area contributed by atoms with Crippen molar-refractivity contribution >= 4 is 12.0 Å². The molecule has 0 radical (unpaired) electrons. The van der Waals surface area contributed by atoms with Crippen LogP contribution in [0.5, 0.6) is 0 Å². The minimum Gasteiger partial charge on any atom is -0.350 e. The van der Waals surface area contributed by atoms with Crippen molar-refractivity contribution in [2.75, 3.05) is 0 Å². The fraction of sp³-hybridized carbons (Fsp3) is 0.438. The summed E-state index contributed by atoms with van der Waals surface area (Å²) >= 11 is 0. The van der Waals surface area contributed by atoms with Crippen molar-refractivity contribution in [3.63, 3.8) is 0 Å². The zero-order valence-corrected chi connectivity index (χ0v) is 11.4. The Morgan fingerprint density at radius 1 is 1.47 bits per heavy atom. The highest BCUT2D eigenvalue weighted by molar-refractivity contribution is 5.91. The lowest BCUT2D eigenvalue weighted by molar-refractivity contribution is -0.117. The van der Waals surface area contributed by atoms with Gasteiger partial charge in [0.1, 0.15) is 5.82 Å². The van der Waals surface area contributed by atoms with Gasteiger partial charge in [-0.1, -0.05) is 26.0 Å². The molecule has 102 valence electrons. The second kappa shape index (κ2) is 5.55. The van der Waals surface area contributed by atoms with Gasteiger partial charge in [-0.25, -0.2) is 4.39 Å². The molecule has 1 N–H and O–H groups in total. The van der Waals surface area contributed by atoms with Crippen LogP contribution in [0.25, 0.3) is 6.08 Å². The Kier molecular flexibility index (Phi) is 4.03. The third kappa shape index (κ3) is 4.19. The minimum absolute atomic E-state index is 0.105. The molecule has 1 aromatic rings. The van der Waals surface area contributed by atoms with E-state index in [1.54, 1.807) is 18.2 Å². The lowest BCUT2D eigenvalue weighted by atomic mass is 9.92. The molecule has 0 aliphatic heterocycles. The van der Waals surface area contributed by atoms with E-state index in [0.717, 1.165) is 19.3 Å². The Bertz CT molecular complexity index is 493. The number of hydrogen-bond donors (Lipinski definition) is 1. The molecule has 1 atom stereocenters. The zero-order valence-electron chi connectivity index (χ0n) is 11.4. The van der Waals surface area contributed by atoms with Crippen molar-refractivity contribution in [3.8, 4) is 0 Å². The first-order valence-electron chi connectivity index (χ1n) is 6.69. The number of rotatable bonds is 3. The second-order valence-electron chi connectivity index (χ2n) is 6.00. The van der Waals surface area contributed by atoms with Gasteiger partial charge >= 0.3 is 0 Å². The number of carbonyl (C=O) groups excluding carboxylic acids is 1. The summed E-state index contributed by atoms with van der Waals surface area (Å²) in [5, 5.41) is 3.00. The van der Waals surface area contributed by atoms with E-state index in [1.165, 1.54) is 18.2 Å². The SMILES string of the molecule is CC1(C)CCC(NC(=O)/C=C/c2cccc(F)c2)C1. The fourth-order valence-corrected chi connectivity index (χ4v) is 2.59. The highest BCUT2D eigenvalue weighted by atomic mass is 19.1. The number of nitrogens with one attached hydrogen (secondary N) is 1. The van der Waals surface area contributed by atoms with Crippen LogP contribution in [0, 0.1) is 11.2 Å². The van der Waals surface area contributed by atoms with E-state index in [1.807, 2.05) is 0 Å². The van der Waals surface area contributed by atoms with Crippen molar-refractivity contribution in [1.82, 2.24) is 5.32 Å². The van der Waals surface area contributed by atoms with Gasteiger partial charge in [0, 0.05) is 12.1 Å². The molecule has 2 nitrogen and oxygen atoms in total. The van der Waals surface area contributed by atoms with Gasteiger partial charge in [0.2, 0.25) is 5.91 Å². The molecule has 1 fully saturated rings. The van der Waals surface area contributed by atoms with Crippen molar-refractivity contribution in [2.45, 2.75) is 39.2 Å². The Morgan fingerprint density at radius 3 is 2.89 bits per heavy atom. The van der Waals surface area contributed by atoms with Crippen LogP contribution in [0.3, 0.4) is 0 Å². The van der Waals surface area contributed by atoms with E-state index in [4.69, 9.17) is 0 Å². The molecule has 0 bridgehead atoms. The van der Waals surface area contributed by atoms with Crippen molar-refractivity contribution in [2.24, 2.45) is 5.41 Å². The van der Waals surface area contributed by atoms with Gasteiger partial charge in [0.25, 0.3) is 0 Å². The van der Waals surface area contributed by atoms with Gasteiger partial charge in [-0.05, 0) is 48.4 Å². The highest BCUT2D eigenvalue weighted by Gasteiger charge is 2.31. The molecule has 3 heteroatoms. The van der Waals surface area contributed by atoms with Crippen LogP contribution in [0.1, 0.15) is 38.7 Å². The van der Waals surface area contributed by atoms with E-state index in [0.29, 0.717) is 11.0 Å². The molecule has 1 aromatic carbocycles. The van der Waals surface area contributed by atoms with Gasteiger partial charge in [-0.15, -0.1) is 0 Å². The summed E-state index contributed by atoms with van der Waals surface area (Å²) in [6, 6.07) is 6.46. The molecule has 19 heavy (non-hydrogen) atoms. The Hall–Kier alpha value is -1.64. The molecule has 2 rings (SSSR count). The van der Waals surface area contributed by atoms with Gasteiger partial charge in [-0.2, -0.15) is 0 Å². The average molecular weight is 261 g/mol. The first-order valence-corrected chi connectivity index (χ1v) is 6.69. The van der Waals surface area contributed by atoms with Gasteiger partial charge in [-0.3, -0.25) is 4.79 Å². The van der Waals surface area contributed by atoms with Crippen LogP contribution in [0.2, 0.25) is 0 Å². The standard InChI is InChI=1S/C16H20FNO/c1-16(2)9-8-14(11-16)18-15(19)7-6-12-4-3-5-13(17)10-12/h3-7,10,14H,8-9,11H2,1-2H3,(H,18,19)/b7-6+. The van der Waals surface area contributed by atoms with E-state index < -0.39 is 0 Å². The quantitative estimate of drug-likeness (QED) is 0.828. The van der Waals surface area contributed by atoms with Gasteiger partial charge in [0.15, 0.2) is 0 Å². The summed E-state index contributed by atoms with van der Waals surface area (Å²) in [7, 11) is 0. The van der Waals surface area contributed by atoms with Gasteiger partial charge < -0.3 is 5.32 Å². The third-order valence-corrected chi connectivity index (χ3v) is 3.59. The molecule has 0 heterocycles. The summed E-state index contributed by atoms with van der Waals surface area (Å²) in [5.74, 6) is -0.396. The summed E-state index contributed by atoms with van der Waals surface area (Å²) in [6.45, 7) is 4.45. The third-order valence-electron chi connectivity index (χ3n) is 3.59. The Morgan fingerprint density at radius 2 is 2.26 bits per heavy atom. The molecular formula is C16H20FNO. The highest BCUT2D eigenvalue weighted by Crippen LogP contribution is 2.36. The van der Waals surface area contributed by atoms with Crippen LogP contribution in [0.4, 0.5) is 4.39 Å². The fourth-order valence-electron chi connectivity index (χ4n) is 2.59. The van der Waals surface area contributed by atoms with Crippen LogP contribution in [-0.4, -0.2) is 11.9 Å². The van der Waals surface area contributed by atoms with Crippen molar-refractivity contribution in [1.29, 1.82) is 0 Å². The van der Waals surface area contributed by atoms with Crippen LogP contribution < -0.4 is 5.32 Å².